The second-order valence-electron chi connectivity index (χ2n) is 13.9. The number of benzene rings is 2. The maximum absolute atomic E-state index is 13.5. The van der Waals surface area contributed by atoms with Gasteiger partial charge >= 0.3 is 5.97 Å². The van der Waals surface area contributed by atoms with Gasteiger partial charge in [-0.2, -0.15) is 5.10 Å². The topological polar surface area (TPSA) is 126 Å². The maximum Gasteiger partial charge on any atom is 0.332 e. The van der Waals surface area contributed by atoms with E-state index >= 15 is 0 Å². The lowest BCUT2D eigenvalue weighted by molar-refractivity contribution is -0.160. The lowest BCUT2D eigenvalue weighted by atomic mass is 9.99. The van der Waals surface area contributed by atoms with Crippen LogP contribution in [0.25, 0.3) is 16.1 Å². The van der Waals surface area contributed by atoms with Crippen molar-refractivity contribution in [3.8, 4) is 16.1 Å². The maximum atomic E-state index is 13.5. The summed E-state index contributed by atoms with van der Waals surface area (Å²) >= 11 is 7.92. The molecule has 4 heterocycles. The number of unbranched alkanes of at least 4 members (excludes halogenated alkanes) is 1. The third-order valence-electron chi connectivity index (χ3n) is 8.71. The van der Waals surface area contributed by atoms with Gasteiger partial charge in [0.15, 0.2) is 5.82 Å². The van der Waals surface area contributed by atoms with Crippen LogP contribution >= 0.6 is 22.9 Å². The lowest BCUT2D eigenvalue weighted by Crippen LogP contribution is -2.26. The number of carbonyl (C=O) groups excluding carboxylic acids is 2. The van der Waals surface area contributed by atoms with E-state index in [1.807, 2.05) is 121 Å². The molecule has 0 spiro atoms. The van der Waals surface area contributed by atoms with Crippen LogP contribution < -0.4 is 5.32 Å². The zero-order valence-corrected chi connectivity index (χ0v) is 36.0. The summed E-state index contributed by atoms with van der Waals surface area (Å²) in [5.74, 6) is 0.920. The molecule has 0 saturated carbocycles. The van der Waals surface area contributed by atoms with Gasteiger partial charge in [-0.25, -0.2) is 4.79 Å². The number of nitrogens with zero attached hydrogens (tertiary/aromatic N) is 6. The van der Waals surface area contributed by atoms with Gasteiger partial charge in [0.2, 0.25) is 5.91 Å². The number of aromatic nitrogens is 5. The number of hydrogen-bond donors (Lipinski definition) is 1. The van der Waals surface area contributed by atoms with Crippen molar-refractivity contribution in [1.82, 2.24) is 29.9 Å². The van der Waals surface area contributed by atoms with Crippen molar-refractivity contribution in [3.05, 3.63) is 105 Å². The fourth-order valence-electron chi connectivity index (χ4n) is 6.04. The Bertz CT molecular complexity index is 2080. The lowest BCUT2D eigenvalue weighted by Gasteiger charge is -2.19. The number of thiophene rings is 1. The number of halogens is 1. The van der Waals surface area contributed by atoms with Gasteiger partial charge in [0.25, 0.3) is 0 Å². The first kappa shape index (κ1) is 44.1. The van der Waals surface area contributed by atoms with Crippen LogP contribution in [0.1, 0.15) is 113 Å². The third kappa shape index (κ3) is 11.5. The summed E-state index contributed by atoms with van der Waals surface area (Å²) in [5, 5.41) is 18.2. The Morgan fingerprint density at radius 1 is 0.911 bits per heavy atom. The zero-order chi connectivity index (χ0) is 41.0. The highest BCUT2D eigenvalue weighted by Gasteiger charge is 2.32. The number of nitrogens with one attached hydrogen (secondary N) is 1. The second-order valence-corrected chi connectivity index (χ2v) is 15.6. The molecule has 1 aliphatic rings. The highest BCUT2D eigenvalue weighted by Crippen LogP contribution is 2.39. The molecule has 1 aliphatic heterocycles. The molecule has 13 heteroatoms. The van der Waals surface area contributed by atoms with Gasteiger partial charge < -0.3 is 14.8 Å². The number of aliphatic imine (C=N–C) groups is 1. The third-order valence-corrected chi connectivity index (χ3v) is 10.2. The summed E-state index contributed by atoms with van der Waals surface area (Å²) < 4.78 is 14.7. The summed E-state index contributed by atoms with van der Waals surface area (Å²) in [4.78, 5) is 31.6. The number of rotatable bonds is 13. The van der Waals surface area contributed by atoms with Crippen molar-refractivity contribution in [3.63, 3.8) is 0 Å². The van der Waals surface area contributed by atoms with Crippen LogP contribution in [0.3, 0.4) is 0 Å². The van der Waals surface area contributed by atoms with Gasteiger partial charge in [0.05, 0.1) is 18.3 Å². The van der Waals surface area contributed by atoms with Crippen LogP contribution in [0, 0.1) is 20.8 Å². The van der Waals surface area contributed by atoms with Crippen molar-refractivity contribution in [2.24, 2.45) is 4.99 Å². The van der Waals surface area contributed by atoms with E-state index in [1.54, 1.807) is 11.3 Å². The first-order valence-electron chi connectivity index (χ1n) is 19.4. The fraction of sp³-hybridized carbons (Fsp3) is 0.442. The van der Waals surface area contributed by atoms with E-state index in [0.29, 0.717) is 24.0 Å². The van der Waals surface area contributed by atoms with E-state index in [4.69, 9.17) is 26.1 Å². The summed E-state index contributed by atoms with van der Waals surface area (Å²) in [5.41, 5.74) is 6.45. The predicted octanol–water partition coefficient (Wildman–Crippen LogP) is 9.56. The van der Waals surface area contributed by atoms with E-state index in [0.717, 1.165) is 69.3 Å². The predicted molar refractivity (Wildman–Crippen MR) is 226 cm³/mol. The summed E-state index contributed by atoms with van der Waals surface area (Å²) in [6, 6.07) is 15.2. The monoisotopic (exact) mass is 801 g/mol. The molecule has 0 radical (unpaired) electrons. The standard InChI is InChI=1S/C39H44ClN7O4S.2C2H6/c1-24-25(2)52-38-35(24)36(29-13-15-31(40)16-14-29)43-32(37-45-44-26(3)47(37)38)19-33(48)41-20-27-9-11-28(12-10-27)30-21-42-46(22-30)17-7-8-18-50-23-34(49)51-39(4,5)6;2*1-2/h9-16,21-22,32H,7-8,17-20,23H2,1-6H3,(H,41,48);2*1-2H3/t32-;;/m0../s1. The Hall–Kier alpha value is -4.65. The molecule has 0 bridgehead atoms. The van der Waals surface area contributed by atoms with Crippen LogP contribution in [0.5, 0.6) is 0 Å². The molecular formula is C43H56ClN7O4S. The average Bonchev–Trinajstić information content (AvgIpc) is 3.86. The van der Waals surface area contributed by atoms with Crippen molar-refractivity contribution >= 4 is 40.5 Å². The number of amides is 1. The number of esters is 1. The number of ether oxygens (including phenoxy) is 2. The van der Waals surface area contributed by atoms with Crippen LogP contribution in [-0.4, -0.2) is 60.9 Å². The van der Waals surface area contributed by atoms with E-state index in [-0.39, 0.29) is 24.9 Å². The highest BCUT2D eigenvalue weighted by molar-refractivity contribution is 7.15. The van der Waals surface area contributed by atoms with Crippen molar-refractivity contribution in [1.29, 1.82) is 0 Å². The molecule has 1 N–H and O–H groups in total. The first-order chi connectivity index (χ1) is 26.9. The molecule has 1 atom stereocenters. The molecular weight excluding hydrogens is 746 g/mol. The van der Waals surface area contributed by atoms with Gasteiger partial charge in [-0.05, 0) is 83.2 Å². The first-order valence-corrected chi connectivity index (χ1v) is 20.6. The minimum Gasteiger partial charge on any atom is -0.458 e. The van der Waals surface area contributed by atoms with E-state index in [9.17, 15) is 9.59 Å². The van der Waals surface area contributed by atoms with E-state index < -0.39 is 11.6 Å². The van der Waals surface area contributed by atoms with Gasteiger partial charge in [0.1, 0.15) is 29.1 Å². The Kier molecular flexibility index (Phi) is 16.1. The molecule has 5 aromatic rings. The molecule has 300 valence electrons. The van der Waals surface area contributed by atoms with Gasteiger partial charge in [0, 0.05) is 52.5 Å². The number of fused-ring (bicyclic) bond motifs is 3. The van der Waals surface area contributed by atoms with Gasteiger partial charge in [-0.3, -0.25) is 19.0 Å². The molecule has 1 amide bonds. The molecule has 3 aromatic heterocycles. The van der Waals surface area contributed by atoms with Crippen LogP contribution in [0.4, 0.5) is 0 Å². The SMILES string of the molecule is CC.CC.Cc1sc2c(c1C)C(c1ccc(Cl)cc1)=N[C@@H](CC(=O)NCc1ccc(-c3cnn(CCCCOCC(=O)OC(C)(C)C)c3)cc1)c1nnc(C)n1-2. The summed E-state index contributed by atoms with van der Waals surface area (Å²) in [6.07, 6.45) is 5.67. The molecule has 6 rings (SSSR count). The molecule has 2 aromatic carbocycles. The number of carbonyl (C=O) groups is 2. The van der Waals surface area contributed by atoms with Crippen LogP contribution in [0.15, 0.2) is 65.9 Å². The molecule has 11 nitrogen and oxygen atoms in total. The Balaban J connectivity index is 0.00000169. The van der Waals surface area contributed by atoms with Crippen molar-refractivity contribution < 1.29 is 19.1 Å². The summed E-state index contributed by atoms with van der Waals surface area (Å²) in [7, 11) is 0. The quantitative estimate of drug-likeness (QED) is 0.0929. The number of aryl methyl sites for hydroxylation is 3. The number of hydrogen-bond acceptors (Lipinski definition) is 9. The summed E-state index contributed by atoms with van der Waals surface area (Å²) in [6.45, 7) is 21.2. The van der Waals surface area contributed by atoms with Crippen LogP contribution in [0.2, 0.25) is 5.02 Å². The minimum atomic E-state index is -0.533. The van der Waals surface area contributed by atoms with Crippen LogP contribution in [-0.2, 0) is 32.2 Å². The molecule has 0 saturated heterocycles. The van der Waals surface area contributed by atoms with E-state index in [2.05, 4.69) is 39.0 Å². The minimum absolute atomic E-state index is 0.0381. The van der Waals surface area contributed by atoms with Gasteiger partial charge in [-0.1, -0.05) is 75.7 Å². The Morgan fingerprint density at radius 3 is 2.27 bits per heavy atom. The normalized spacial score (nSPS) is 13.2. The molecule has 0 aliphatic carbocycles. The highest BCUT2D eigenvalue weighted by atomic mass is 35.5. The largest absolute Gasteiger partial charge is 0.458 e. The molecule has 56 heavy (non-hydrogen) atoms. The van der Waals surface area contributed by atoms with Crippen molar-refractivity contribution in [2.75, 3.05) is 13.2 Å². The Labute approximate surface area is 340 Å². The second kappa shape index (κ2) is 20.5. The zero-order valence-electron chi connectivity index (χ0n) is 34.4. The average molecular weight is 802 g/mol. The van der Waals surface area contributed by atoms with E-state index in [1.165, 1.54) is 4.88 Å². The fourth-order valence-corrected chi connectivity index (χ4v) is 7.38. The van der Waals surface area contributed by atoms with Gasteiger partial charge in [-0.15, -0.1) is 21.5 Å². The smallest absolute Gasteiger partial charge is 0.332 e. The molecule has 0 fully saturated rings. The Morgan fingerprint density at radius 2 is 1.59 bits per heavy atom. The molecule has 0 unspecified atom stereocenters. The van der Waals surface area contributed by atoms with Crippen molar-refractivity contribution in [2.45, 2.75) is 113 Å².